The van der Waals surface area contributed by atoms with Crippen LogP contribution in [0.15, 0.2) is 6.33 Å². The summed E-state index contributed by atoms with van der Waals surface area (Å²) in [5.41, 5.74) is 0. The average molecular weight is 211 g/mol. The second-order valence-corrected chi connectivity index (χ2v) is 4.01. The normalized spacial score (nSPS) is 13.0. The Morgan fingerprint density at radius 2 is 2.20 bits per heavy atom. The van der Waals surface area contributed by atoms with Gasteiger partial charge in [0.1, 0.15) is 12.2 Å². The Labute approximate surface area is 91.3 Å². The smallest absolute Gasteiger partial charge is 0.138 e. The van der Waals surface area contributed by atoms with Gasteiger partial charge in [0.2, 0.25) is 0 Å². The number of aromatic nitrogens is 3. The Kier molecular flexibility index (Phi) is 5.32. The lowest BCUT2D eigenvalue weighted by Crippen LogP contribution is -2.14. The maximum absolute atomic E-state index is 9.76. The highest BCUT2D eigenvalue weighted by molar-refractivity contribution is 4.86. The maximum atomic E-state index is 9.76. The summed E-state index contributed by atoms with van der Waals surface area (Å²) in [7, 11) is 1.85. The van der Waals surface area contributed by atoms with Crippen LogP contribution in [-0.2, 0) is 13.5 Å². The summed E-state index contributed by atoms with van der Waals surface area (Å²) >= 11 is 0. The first-order valence-electron chi connectivity index (χ1n) is 5.75. The van der Waals surface area contributed by atoms with Gasteiger partial charge in [0.05, 0.1) is 6.10 Å². The lowest BCUT2D eigenvalue weighted by Gasteiger charge is -2.09. The molecule has 0 fully saturated rings. The molecule has 0 saturated carbocycles. The predicted molar refractivity (Wildman–Crippen MR) is 59.5 cm³/mol. The third-order valence-electron chi connectivity index (χ3n) is 2.61. The molecule has 1 aromatic rings. The van der Waals surface area contributed by atoms with E-state index in [1.165, 1.54) is 25.6 Å². The Morgan fingerprint density at radius 3 is 2.80 bits per heavy atom. The largest absolute Gasteiger partial charge is 0.393 e. The molecule has 1 aromatic heterocycles. The molecule has 4 nitrogen and oxygen atoms in total. The van der Waals surface area contributed by atoms with Gasteiger partial charge in [0.15, 0.2) is 0 Å². The minimum Gasteiger partial charge on any atom is -0.393 e. The summed E-state index contributed by atoms with van der Waals surface area (Å²) in [6.45, 7) is 2.19. The van der Waals surface area contributed by atoms with Crippen LogP contribution in [0.25, 0.3) is 0 Å². The Balaban J connectivity index is 2.18. The van der Waals surface area contributed by atoms with Crippen LogP contribution in [-0.4, -0.2) is 26.0 Å². The van der Waals surface area contributed by atoms with E-state index in [9.17, 15) is 5.11 Å². The summed E-state index contributed by atoms with van der Waals surface area (Å²) in [4.78, 5) is 4.09. The minimum atomic E-state index is -0.273. The molecule has 1 heterocycles. The second-order valence-electron chi connectivity index (χ2n) is 4.01. The summed E-state index contributed by atoms with van der Waals surface area (Å²) in [5.74, 6) is 0.859. The number of unbranched alkanes of at least 4 members (excludes halogenated alkanes) is 3. The fourth-order valence-corrected chi connectivity index (χ4v) is 1.62. The van der Waals surface area contributed by atoms with Crippen LogP contribution < -0.4 is 0 Å². The molecule has 0 aliphatic rings. The van der Waals surface area contributed by atoms with Crippen molar-refractivity contribution in [2.24, 2.45) is 7.05 Å². The lowest BCUT2D eigenvalue weighted by atomic mass is 10.1. The van der Waals surface area contributed by atoms with E-state index in [4.69, 9.17) is 0 Å². The first-order valence-corrected chi connectivity index (χ1v) is 5.75. The second kappa shape index (κ2) is 6.56. The van der Waals surface area contributed by atoms with Crippen molar-refractivity contribution in [2.75, 3.05) is 0 Å². The summed E-state index contributed by atoms with van der Waals surface area (Å²) < 4.78 is 1.72. The quantitative estimate of drug-likeness (QED) is 0.698. The van der Waals surface area contributed by atoms with Crippen LogP contribution in [0, 0.1) is 0 Å². The van der Waals surface area contributed by atoms with Crippen LogP contribution in [0.1, 0.15) is 44.9 Å². The molecule has 0 aliphatic heterocycles. The van der Waals surface area contributed by atoms with Gasteiger partial charge in [-0.3, -0.25) is 4.68 Å². The zero-order valence-corrected chi connectivity index (χ0v) is 9.69. The van der Waals surface area contributed by atoms with Crippen molar-refractivity contribution in [3.63, 3.8) is 0 Å². The molecule has 1 N–H and O–H groups in total. The number of rotatable bonds is 7. The fraction of sp³-hybridized carbons (Fsp3) is 0.818. The van der Waals surface area contributed by atoms with Crippen LogP contribution >= 0.6 is 0 Å². The number of aryl methyl sites for hydroxylation is 1. The van der Waals surface area contributed by atoms with Gasteiger partial charge in [-0.25, -0.2) is 4.98 Å². The summed E-state index contributed by atoms with van der Waals surface area (Å²) in [6, 6.07) is 0. The molecule has 0 radical (unpaired) electrons. The highest BCUT2D eigenvalue weighted by Gasteiger charge is 2.08. The minimum absolute atomic E-state index is 0.273. The van der Waals surface area contributed by atoms with E-state index in [0.29, 0.717) is 6.42 Å². The van der Waals surface area contributed by atoms with Crippen molar-refractivity contribution in [3.05, 3.63) is 12.2 Å². The van der Waals surface area contributed by atoms with Crippen molar-refractivity contribution < 1.29 is 5.11 Å². The van der Waals surface area contributed by atoms with Gasteiger partial charge in [-0.2, -0.15) is 5.10 Å². The topological polar surface area (TPSA) is 50.9 Å². The Bertz CT molecular complexity index is 273. The van der Waals surface area contributed by atoms with E-state index in [1.54, 1.807) is 4.68 Å². The van der Waals surface area contributed by atoms with E-state index < -0.39 is 0 Å². The third kappa shape index (κ3) is 4.42. The van der Waals surface area contributed by atoms with Crippen molar-refractivity contribution >= 4 is 0 Å². The highest BCUT2D eigenvalue weighted by atomic mass is 16.3. The maximum Gasteiger partial charge on any atom is 0.138 e. The number of nitrogens with zero attached hydrogens (tertiary/aromatic N) is 3. The third-order valence-corrected chi connectivity index (χ3v) is 2.61. The van der Waals surface area contributed by atoms with Gasteiger partial charge in [-0.15, -0.1) is 0 Å². The number of hydrogen-bond acceptors (Lipinski definition) is 3. The van der Waals surface area contributed by atoms with Gasteiger partial charge in [-0.1, -0.05) is 32.6 Å². The molecule has 1 rings (SSSR count). The SMILES string of the molecule is CCCCCCC(O)Cc1ncnn1C. The van der Waals surface area contributed by atoms with Crippen LogP contribution in [0.5, 0.6) is 0 Å². The number of hydrogen-bond donors (Lipinski definition) is 1. The number of aliphatic hydroxyl groups is 1. The molecule has 0 spiro atoms. The molecule has 1 unspecified atom stereocenters. The van der Waals surface area contributed by atoms with E-state index in [2.05, 4.69) is 17.0 Å². The van der Waals surface area contributed by atoms with Crippen molar-refractivity contribution in [3.8, 4) is 0 Å². The van der Waals surface area contributed by atoms with Gasteiger partial charge in [0, 0.05) is 13.5 Å². The molecule has 0 aliphatic carbocycles. The average Bonchev–Trinajstić information content (AvgIpc) is 2.59. The van der Waals surface area contributed by atoms with Crippen molar-refractivity contribution in [1.29, 1.82) is 0 Å². The highest BCUT2D eigenvalue weighted by Crippen LogP contribution is 2.08. The molecule has 0 saturated heterocycles. The molecular formula is C11H21N3O. The molecule has 1 atom stereocenters. The van der Waals surface area contributed by atoms with E-state index >= 15 is 0 Å². The summed E-state index contributed by atoms with van der Waals surface area (Å²) in [5, 5.41) is 13.7. The molecule has 86 valence electrons. The van der Waals surface area contributed by atoms with Gasteiger partial charge < -0.3 is 5.11 Å². The first-order chi connectivity index (χ1) is 7.24. The molecular weight excluding hydrogens is 190 g/mol. The summed E-state index contributed by atoms with van der Waals surface area (Å²) in [6.07, 6.45) is 7.55. The predicted octanol–water partition coefficient (Wildman–Crippen LogP) is 1.69. The Morgan fingerprint density at radius 1 is 1.40 bits per heavy atom. The molecule has 15 heavy (non-hydrogen) atoms. The van der Waals surface area contributed by atoms with E-state index in [1.807, 2.05) is 7.05 Å². The van der Waals surface area contributed by atoms with Crippen LogP contribution in [0.2, 0.25) is 0 Å². The molecule has 4 heteroatoms. The van der Waals surface area contributed by atoms with Crippen molar-refractivity contribution in [1.82, 2.24) is 14.8 Å². The molecule has 0 amide bonds. The van der Waals surface area contributed by atoms with Gasteiger partial charge >= 0.3 is 0 Å². The standard InChI is InChI=1S/C11H21N3O/c1-3-4-5-6-7-10(15)8-11-12-9-13-14(11)2/h9-10,15H,3-8H2,1-2H3. The zero-order chi connectivity index (χ0) is 11.1. The Hall–Kier alpha value is -0.900. The molecule has 0 aromatic carbocycles. The van der Waals surface area contributed by atoms with Crippen LogP contribution in [0.3, 0.4) is 0 Å². The van der Waals surface area contributed by atoms with Crippen molar-refractivity contribution in [2.45, 2.75) is 51.6 Å². The van der Waals surface area contributed by atoms with Gasteiger partial charge in [-0.05, 0) is 6.42 Å². The zero-order valence-electron chi connectivity index (χ0n) is 9.69. The van der Waals surface area contributed by atoms with Crippen LogP contribution in [0.4, 0.5) is 0 Å². The monoisotopic (exact) mass is 211 g/mol. The lowest BCUT2D eigenvalue weighted by molar-refractivity contribution is 0.157. The molecule has 0 bridgehead atoms. The van der Waals surface area contributed by atoms with E-state index in [-0.39, 0.29) is 6.10 Å². The van der Waals surface area contributed by atoms with Gasteiger partial charge in [0.25, 0.3) is 0 Å². The number of aliphatic hydroxyl groups excluding tert-OH is 1. The fourth-order valence-electron chi connectivity index (χ4n) is 1.62. The first kappa shape index (κ1) is 12.2. The van der Waals surface area contributed by atoms with E-state index in [0.717, 1.165) is 18.7 Å².